The second-order valence-electron chi connectivity index (χ2n) is 6.40. The molecule has 0 fully saturated rings. The Kier molecular flexibility index (Phi) is 5.87. The van der Waals surface area contributed by atoms with Gasteiger partial charge in [0.1, 0.15) is 0 Å². The van der Waals surface area contributed by atoms with E-state index in [4.69, 9.17) is 0 Å². The van der Waals surface area contributed by atoms with Gasteiger partial charge in [0.25, 0.3) is 15.9 Å². The molecule has 146 valence electrons. The van der Waals surface area contributed by atoms with E-state index in [1.807, 2.05) is 32.0 Å². The van der Waals surface area contributed by atoms with E-state index in [-0.39, 0.29) is 15.4 Å². The van der Waals surface area contributed by atoms with Gasteiger partial charge in [0, 0.05) is 11.6 Å². The number of rotatable bonds is 6. The van der Waals surface area contributed by atoms with Crippen molar-refractivity contribution in [3.05, 3.63) is 70.8 Å². The van der Waals surface area contributed by atoms with Crippen molar-refractivity contribution in [3.63, 3.8) is 0 Å². The molecule has 0 spiro atoms. The molecule has 7 nitrogen and oxygen atoms in total. The van der Waals surface area contributed by atoms with Crippen LogP contribution in [0.4, 0.5) is 5.13 Å². The van der Waals surface area contributed by atoms with E-state index in [1.165, 1.54) is 0 Å². The molecule has 1 amide bonds. The third-order valence-corrected chi connectivity index (χ3v) is 6.87. The summed E-state index contributed by atoms with van der Waals surface area (Å²) in [5.41, 5.74) is 3.39. The molecule has 0 aliphatic carbocycles. The SMILES string of the molecule is Cc1ccc(C)c([C@@H](C)NS(=O)(=O)c2nnc(NC(=O)c3ccccc3)s2)c1. The average molecular weight is 417 g/mol. The predicted molar refractivity (Wildman–Crippen MR) is 109 cm³/mol. The molecule has 0 radical (unpaired) electrons. The number of aromatic nitrogens is 2. The fourth-order valence-electron chi connectivity index (χ4n) is 2.70. The summed E-state index contributed by atoms with van der Waals surface area (Å²) >= 11 is 0.803. The average Bonchev–Trinajstić information content (AvgIpc) is 3.13. The Labute approximate surface area is 167 Å². The molecule has 2 N–H and O–H groups in total. The van der Waals surface area contributed by atoms with E-state index < -0.39 is 16.1 Å². The Bertz CT molecular complexity index is 1100. The van der Waals surface area contributed by atoms with E-state index in [1.54, 1.807) is 37.3 Å². The molecule has 0 unspecified atom stereocenters. The summed E-state index contributed by atoms with van der Waals surface area (Å²) < 4.78 is 27.8. The first-order valence-electron chi connectivity index (χ1n) is 8.55. The van der Waals surface area contributed by atoms with Crippen LogP contribution < -0.4 is 10.0 Å². The molecule has 1 atom stereocenters. The normalized spacial score (nSPS) is 12.5. The maximum atomic E-state index is 12.7. The van der Waals surface area contributed by atoms with Crippen LogP contribution in [0.25, 0.3) is 0 Å². The highest BCUT2D eigenvalue weighted by atomic mass is 32.2. The molecular formula is C19H20N4O3S2. The first-order valence-corrected chi connectivity index (χ1v) is 10.9. The Balaban J connectivity index is 1.74. The number of carbonyl (C=O) groups is 1. The highest BCUT2D eigenvalue weighted by molar-refractivity contribution is 7.91. The third-order valence-electron chi connectivity index (χ3n) is 4.13. The van der Waals surface area contributed by atoms with Gasteiger partial charge in [0.2, 0.25) is 9.47 Å². The van der Waals surface area contributed by atoms with Gasteiger partial charge in [-0.1, -0.05) is 53.3 Å². The van der Waals surface area contributed by atoms with Crippen LogP contribution in [-0.2, 0) is 10.0 Å². The van der Waals surface area contributed by atoms with Gasteiger partial charge < -0.3 is 0 Å². The molecule has 0 aliphatic rings. The lowest BCUT2D eigenvalue weighted by molar-refractivity contribution is 0.102. The Morgan fingerprint density at radius 3 is 2.50 bits per heavy atom. The summed E-state index contributed by atoms with van der Waals surface area (Å²) in [6.07, 6.45) is 0. The quantitative estimate of drug-likeness (QED) is 0.600. The van der Waals surface area contributed by atoms with Gasteiger partial charge in [0.15, 0.2) is 0 Å². The zero-order valence-electron chi connectivity index (χ0n) is 15.6. The maximum absolute atomic E-state index is 12.7. The van der Waals surface area contributed by atoms with Crippen LogP contribution in [0.3, 0.4) is 0 Å². The van der Waals surface area contributed by atoms with Crippen LogP contribution >= 0.6 is 11.3 Å². The second-order valence-corrected chi connectivity index (χ2v) is 9.26. The number of hydrogen-bond acceptors (Lipinski definition) is 6. The van der Waals surface area contributed by atoms with Crippen molar-refractivity contribution in [1.29, 1.82) is 0 Å². The van der Waals surface area contributed by atoms with Gasteiger partial charge in [-0.2, -0.15) is 0 Å². The Morgan fingerprint density at radius 2 is 1.79 bits per heavy atom. The van der Waals surface area contributed by atoms with Crippen LogP contribution in [0.5, 0.6) is 0 Å². The van der Waals surface area contributed by atoms with E-state index in [2.05, 4.69) is 20.2 Å². The molecule has 0 bridgehead atoms. The maximum Gasteiger partial charge on any atom is 0.270 e. The van der Waals surface area contributed by atoms with Gasteiger partial charge in [-0.05, 0) is 44.0 Å². The molecular weight excluding hydrogens is 396 g/mol. The molecule has 0 saturated heterocycles. The molecule has 1 heterocycles. The summed E-state index contributed by atoms with van der Waals surface area (Å²) in [5.74, 6) is -0.377. The summed E-state index contributed by atoms with van der Waals surface area (Å²) in [6.45, 7) is 5.66. The number of carbonyl (C=O) groups excluding carboxylic acids is 1. The molecule has 3 aromatic rings. The Morgan fingerprint density at radius 1 is 1.07 bits per heavy atom. The number of nitrogens with zero attached hydrogens (tertiary/aromatic N) is 2. The first-order chi connectivity index (χ1) is 13.3. The summed E-state index contributed by atoms with van der Waals surface area (Å²) in [6, 6.07) is 14.0. The number of benzene rings is 2. The lowest BCUT2D eigenvalue weighted by Gasteiger charge is -2.16. The molecule has 0 aliphatic heterocycles. The van der Waals surface area contributed by atoms with Crippen LogP contribution in [0.2, 0.25) is 0 Å². The highest BCUT2D eigenvalue weighted by Gasteiger charge is 2.24. The predicted octanol–water partition coefficient (Wildman–Crippen LogP) is 3.45. The molecule has 3 rings (SSSR count). The van der Waals surface area contributed by atoms with Crippen LogP contribution in [-0.4, -0.2) is 24.5 Å². The van der Waals surface area contributed by atoms with E-state index >= 15 is 0 Å². The highest BCUT2D eigenvalue weighted by Crippen LogP contribution is 2.24. The number of hydrogen-bond donors (Lipinski definition) is 2. The monoisotopic (exact) mass is 416 g/mol. The summed E-state index contributed by atoms with van der Waals surface area (Å²) in [4.78, 5) is 12.2. The fraction of sp³-hybridized carbons (Fsp3) is 0.211. The Hall–Kier alpha value is -2.62. The van der Waals surface area contributed by atoms with E-state index in [9.17, 15) is 13.2 Å². The van der Waals surface area contributed by atoms with E-state index in [0.29, 0.717) is 5.56 Å². The zero-order valence-corrected chi connectivity index (χ0v) is 17.3. The minimum atomic E-state index is -3.87. The van der Waals surface area contributed by atoms with Gasteiger partial charge in [0.05, 0.1) is 0 Å². The van der Waals surface area contributed by atoms with Crippen LogP contribution in [0, 0.1) is 13.8 Å². The number of nitrogens with one attached hydrogen (secondary N) is 2. The van der Waals surface area contributed by atoms with Gasteiger partial charge in [-0.3, -0.25) is 10.1 Å². The van der Waals surface area contributed by atoms with Crippen molar-refractivity contribution in [3.8, 4) is 0 Å². The van der Waals surface area contributed by atoms with Crippen molar-refractivity contribution in [2.75, 3.05) is 5.32 Å². The van der Waals surface area contributed by atoms with Crippen LogP contribution in [0.1, 0.15) is 40.0 Å². The van der Waals surface area contributed by atoms with Crippen molar-refractivity contribution < 1.29 is 13.2 Å². The lowest BCUT2D eigenvalue weighted by Crippen LogP contribution is -2.27. The van der Waals surface area contributed by atoms with Crippen molar-refractivity contribution in [2.45, 2.75) is 31.2 Å². The van der Waals surface area contributed by atoms with Gasteiger partial charge >= 0.3 is 0 Å². The molecule has 9 heteroatoms. The third kappa shape index (κ3) is 4.61. The second kappa shape index (κ2) is 8.17. The minimum absolute atomic E-state index is 0.119. The van der Waals surface area contributed by atoms with E-state index in [0.717, 1.165) is 28.0 Å². The fourth-order valence-corrected chi connectivity index (χ4v) is 4.83. The number of amides is 1. The summed E-state index contributed by atoms with van der Waals surface area (Å²) in [7, 11) is -3.87. The molecule has 2 aromatic carbocycles. The largest absolute Gasteiger partial charge is 0.296 e. The molecule has 28 heavy (non-hydrogen) atoms. The lowest BCUT2D eigenvalue weighted by atomic mass is 10.0. The number of anilines is 1. The van der Waals surface area contributed by atoms with Crippen molar-refractivity contribution in [1.82, 2.24) is 14.9 Å². The van der Waals surface area contributed by atoms with Gasteiger partial charge in [-0.25, -0.2) is 13.1 Å². The molecule has 0 saturated carbocycles. The number of sulfonamides is 1. The van der Waals surface area contributed by atoms with Crippen molar-refractivity contribution in [2.24, 2.45) is 0 Å². The summed E-state index contributed by atoms with van der Waals surface area (Å²) in [5, 5.41) is 10.2. The molecule has 1 aromatic heterocycles. The zero-order chi connectivity index (χ0) is 20.3. The minimum Gasteiger partial charge on any atom is -0.296 e. The topological polar surface area (TPSA) is 101 Å². The smallest absolute Gasteiger partial charge is 0.270 e. The van der Waals surface area contributed by atoms with Crippen LogP contribution in [0.15, 0.2) is 52.9 Å². The number of aryl methyl sites for hydroxylation is 2. The van der Waals surface area contributed by atoms with Crippen molar-refractivity contribution >= 4 is 32.4 Å². The first kappa shape index (κ1) is 20.1. The standard InChI is InChI=1S/C19H20N4O3S2/c1-12-9-10-13(2)16(11-12)14(3)23-28(25,26)19-22-21-18(27-19)20-17(24)15-7-5-4-6-8-15/h4-11,14,23H,1-3H3,(H,20,21,24)/t14-/m1/s1. The van der Waals surface area contributed by atoms with Gasteiger partial charge in [-0.15, -0.1) is 10.2 Å².